The first-order valence-electron chi connectivity index (χ1n) is 5.83. The molecule has 0 saturated carbocycles. The Morgan fingerprint density at radius 2 is 2.31 bits per heavy atom. The lowest BCUT2D eigenvalue weighted by Crippen LogP contribution is -2.29. The number of nitrogens with zero attached hydrogens (tertiary/aromatic N) is 1. The van der Waals surface area contributed by atoms with Crippen molar-refractivity contribution in [3.63, 3.8) is 0 Å². The smallest absolute Gasteiger partial charge is 0.250 e. The van der Waals surface area contributed by atoms with Crippen molar-refractivity contribution >= 4 is 0 Å². The highest BCUT2D eigenvalue weighted by molar-refractivity contribution is 5.27. The molecule has 1 atom stereocenters. The molecule has 1 aliphatic carbocycles. The number of fused-ring (bicyclic) bond motifs is 1. The van der Waals surface area contributed by atoms with E-state index in [4.69, 9.17) is 10.8 Å². The second kappa shape index (κ2) is 4.80. The molecular weight excluding hydrogens is 204 g/mol. The molecule has 1 aromatic rings. The average molecular weight is 222 g/mol. The molecule has 0 amide bonds. The Kier molecular flexibility index (Phi) is 3.41. The summed E-state index contributed by atoms with van der Waals surface area (Å²) < 4.78 is 1.77. The van der Waals surface area contributed by atoms with Gasteiger partial charge in [0.05, 0.1) is 0 Å². The summed E-state index contributed by atoms with van der Waals surface area (Å²) in [6, 6.07) is 3.50. The Bertz CT molecular complexity index is 426. The first kappa shape index (κ1) is 11.4. The molecular formula is C12H18N2O2. The third-order valence-corrected chi connectivity index (χ3v) is 3.20. The van der Waals surface area contributed by atoms with E-state index in [1.165, 1.54) is 0 Å². The molecule has 16 heavy (non-hydrogen) atoms. The average Bonchev–Trinajstić information content (AvgIpc) is 2.28. The molecule has 4 heteroatoms. The third kappa shape index (κ3) is 2.03. The Balaban J connectivity index is 2.42. The van der Waals surface area contributed by atoms with Gasteiger partial charge in [0.2, 0.25) is 0 Å². The third-order valence-electron chi connectivity index (χ3n) is 3.20. The van der Waals surface area contributed by atoms with E-state index in [1.807, 2.05) is 6.07 Å². The predicted octanol–water partition coefficient (Wildman–Crippen LogP) is 0.567. The standard InChI is InChI=1S/C12H18N2O2/c13-10-3-1-4-11-9(10)5-6-12(16)14(11)7-2-8-15/h5-6,10,15H,1-4,7-8,13H2. The molecule has 1 aromatic heterocycles. The minimum absolute atomic E-state index is 0.0151. The maximum atomic E-state index is 11.7. The molecule has 0 radical (unpaired) electrons. The number of rotatable bonds is 3. The molecule has 1 heterocycles. The fraction of sp³-hybridized carbons (Fsp3) is 0.583. The van der Waals surface area contributed by atoms with E-state index in [0.717, 1.165) is 30.5 Å². The number of hydrogen-bond acceptors (Lipinski definition) is 3. The summed E-state index contributed by atoms with van der Waals surface area (Å²) in [4.78, 5) is 11.7. The van der Waals surface area contributed by atoms with Crippen molar-refractivity contribution in [3.8, 4) is 0 Å². The monoisotopic (exact) mass is 222 g/mol. The molecule has 0 aromatic carbocycles. The number of aromatic nitrogens is 1. The Hall–Kier alpha value is -1.13. The van der Waals surface area contributed by atoms with Crippen LogP contribution in [0.3, 0.4) is 0 Å². The highest BCUT2D eigenvalue weighted by Gasteiger charge is 2.19. The van der Waals surface area contributed by atoms with Gasteiger partial charge in [0.15, 0.2) is 0 Å². The van der Waals surface area contributed by atoms with Crippen molar-refractivity contribution in [1.82, 2.24) is 4.57 Å². The van der Waals surface area contributed by atoms with Gasteiger partial charge in [0.25, 0.3) is 5.56 Å². The number of pyridine rings is 1. The van der Waals surface area contributed by atoms with Crippen LogP contribution in [0.15, 0.2) is 16.9 Å². The SMILES string of the molecule is NC1CCCc2c1ccc(=O)n2CCCO. The number of hydrogen-bond donors (Lipinski definition) is 2. The molecule has 88 valence electrons. The summed E-state index contributed by atoms with van der Waals surface area (Å²) in [7, 11) is 0. The van der Waals surface area contributed by atoms with E-state index in [2.05, 4.69) is 0 Å². The van der Waals surface area contributed by atoms with Crippen LogP contribution in [0.2, 0.25) is 0 Å². The normalized spacial score (nSPS) is 19.5. The van der Waals surface area contributed by atoms with Crippen LogP contribution in [0.5, 0.6) is 0 Å². The largest absolute Gasteiger partial charge is 0.396 e. The van der Waals surface area contributed by atoms with E-state index in [0.29, 0.717) is 13.0 Å². The highest BCUT2D eigenvalue weighted by atomic mass is 16.3. The van der Waals surface area contributed by atoms with E-state index >= 15 is 0 Å². The van der Waals surface area contributed by atoms with Gasteiger partial charge in [-0.25, -0.2) is 0 Å². The summed E-state index contributed by atoms with van der Waals surface area (Å²) >= 11 is 0. The molecule has 1 unspecified atom stereocenters. The van der Waals surface area contributed by atoms with Gasteiger partial charge >= 0.3 is 0 Å². The fourth-order valence-corrected chi connectivity index (χ4v) is 2.37. The number of aliphatic hydroxyl groups is 1. The van der Waals surface area contributed by atoms with Crippen molar-refractivity contribution in [3.05, 3.63) is 33.7 Å². The summed E-state index contributed by atoms with van der Waals surface area (Å²) in [6.07, 6.45) is 3.57. The van der Waals surface area contributed by atoms with Gasteiger partial charge in [-0.3, -0.25) is 4.79 Å². The second-order valence-corrected chi connectivity index (χ2v) is 4.30. The highest BCUT2D eigenvalue weighted by Crippen LogP contribution is 2.26. The maximum absolute atomic E-state index is 11.7. The molecule has 0 saturated heterocycles. The summed E-state index contributed by atoms with van der Waals surface area (Å²) in [5.41, 5.74) is 8.21. The molecule has 0 fully saturated rings. The van der Waals surface area contributed by atoms with Gasteiger partial charge in [0.1, 0.15) is 0 Å². The van der Waals surface area contributed by atoms with E-state index in [1.54, 1.807) is 10.6 Å². The minimum Gasteiger partial charge on any atom is -0.396 e. The van der Waals surface area contributed by atoms with Crippen molar-refractivity contribution in [2.75, 3.05) is 6.61 Å². The van der Waals surface area contributed by atoms with Crippen LogP contribution in [-0.2, 0) is 13.0 Å². The Labute approximate surface area is 94.7 Å². The second-order valence-electron chi connectivity index (χ2n) is 4.30. The summed E-state index contributed by atoms with van der Waals surface area (Å²) in [6.45, 7) is 0.702. The first-order valence-corrected chi connectivity index (χ1v) is 5.83. The molecule has 3 N–H and O–H groups in total. The fourth-order valence-electron chi connectivity index (χ4n) is 2.37. The zero-order chi connectivity index (χ0) is 11.5. The van der Waals surface area contributed by atoms with Gasteiger partial charge in [-0.1, -0.05) is 6.07 Å². The summed E-state index contributed by atoms with van der Waals surface area (Å²) in [5, 5.41) is 8.83. The number of nitrogens with two attached hydrogens (primary N) is 1. The molecule has 0 aliphatic heterocycles. The maximum Gasteiger partial charge on any atom is 0.250 e. The van der Waals surface area contributed by atoms with Crippen molar-refractivity contribution < 1.29 is 5.11 Å². The van der Waals surface area contributed by atoms with Gasteiger partial charge < -0.3 is 15.4 Å². The lowest BCUT2D eigenvalue weighted by molar-refractivity contribution is 0.277. The Morgan fingerprint density at radius 1 is 1.50 bits per heavy atom. The molecule has 0 spiro atoms. The van der Waals surface area contributed by atoms with Gasteiger partial charge in [-0.2, -0.15) is 0 Å². The van der Waals surface area contributed by atoms with Crippen molar-refractivity contribution in [2.45, 2.75) is 38.3 Å². The zero-order valence-corrected chi connectivity index (χ0v) is 9.35. The van der Waals surface area contributed by atoms with E-state index in [9.17, 15) is 4.79 Å². The van der Waals surface area contributed by atoms with Crippen LogP contribution in [0.1, 0.15) is 36.6 Å². The first-order chi connectivity index (χ1) is 7.74. The molecule has 2 rings (SSSR count). The quantitative estimate of drug-likeness (QED) is 0.785. The van der Waals surface area contributed by atoms with Gasteiger partial charge in [-0.15, -0.1) is 0 Å². The number of aliphatic hydroxyl groups excluding tert-OH is 1. The lowest BCUT2D eigenvalue weighted by atomic mass is 9.91. The van der Waals surface area contributed by atoms with Crippen LogP contribution in [0.4, 0.5) is 0 Å². The van der Waals surface area contributed by atoms with E-state index in [-0.39, 0.29) is 18.2 Å². The van der Waals surface area contributed by atoms with Crippen LogP contribution in [-0.4, -0.2) is 16.3 Å². The molecule has 4 nitrogen and oxygen atoms in total. The Morgan fingerprint density at radius 3 is 3.06 bits per heavy atom. The minimum atomic E-state index is 0.0151. The zero-order valence-electron chi connectivity index (χ0n) is 9.35. The topological polar surface area (TPSA) is 68.2 Å². The van der Waals surface area contributed by atoms with Crippen LogP contribution in [0, 0.1) is 0 Å². The van der Waals surface area contributed by atoms with Gasteiger partial charge in [-0.05, 0) is 31.2 Å². The van der Waals surface area contributed by atoms with Crippen molar-refractivity contribution in [1.29, 1.82) is 0 Å². The molecule has 1 aliphatic rings. The van der Waals surface area contributed by atoms with Crippen LogP contribution in [0.25, 0.3) is 0 Å². The van der Waals surface area contributed by atoms with Gasteiger partial charge in [0, 0.05) is 31.0 Å². The summed E-state index contributed by atoms with van der Waals surface area (Å²) in [5.74, 6) is 0. The predicted molar refractivity (Wildman–Crippen MR) is 62.3 cm³/mol. The van der Waals surface area contributed by atoms with E-state index < -0.39 is 0 Å². The molecule has 0 bridgehead atoms. The lowest BCUT2D eigenvalue weighted by Gasteiger charge is -2.25. The van der Waals surface area contributed by atoms with Crippen LogP contribution >= 0.6 is 0 Å². The van der Waals surface area contributed by atoms with Crippen molar-refractivity contribution in [2.24, 2.45) is 5.73 Å². The van der Waals surface area contributed by atoms with Crippen LogP contribution < -0.4 is 11.3 Å².